The molecule has 2 rings (SSSR count). The fourth-order valence-electron chi connectivity index (χ4n) is 2.21. The normalized spacial score (nSPS) is 43.2. The minimum atomic E-state index is -0.602. The van der Waals surface area contributed by atoms with Crippen LogP contribution < -0.4 is 0 Å². The summed E-state index contributed by atoms with van der Waals surface area (Å²) in [4.78, 5) is 0. The van der Waals surface area contributed by atoms with E-state index in [9.17, 15) is 4.55 Å². The number of rotatable bonds is 0. The van der Waals surface area contributed by atoms with Crippen molar-refractivity contribution in [2.75, 3.05) is 18.1 Å². The monoisotopic (exact) mass is 188 g/mol. The van der Waals surface area contributed by atoms with Gasteiger partial charge in [-0.25, -0.2) is 0 Å². The lowest BCUT2D eigenvalue weighted by atomic mass is 9.91. The van der Waals surface area contributed by atoms with Crippen LogP contribution in [0.25, 0.3) is 0 Å². The second-order valence-electron chi connectivity index (χ2n) is 3.88. The van der Waals surface area contributed by atoms with E-state index in [0.29, 0.717) is 0 Å². The highest BCUT2D eigenvalue weighted by atomic mass is 32.2. The van der Waals surface area contributed by atoms with Crippen molar-refractivity contribution < 1.29 is 9.29 Å². The first-order chi connectivity index (χ1) is 5.81. The summed E-state index contributed by atoms with van der Waals surface area (Å²) >= 11 is -0.602. The Morgan fingerprint density at radius 2 is 2.00 bits per heavy atom. The van der Waals surface area contributed by atoms with E-state index < -0.39 is 11.2 Å². The van der Waals surface area contributed by atoms with Gasteiger partial charge in [0.2, 0.25) is 0 Å². The molecule has 2 fully saturated rings. The van der Waals surface area contributed by atoms with E-state index in [1.165, 1.54) is 12.8 Å². The summed E-state index contributed by atoms with van der Waals surface area (Å²) in [5, 5.41) is 0. The molecule has 0 N–H and O–H groups in total. The SMILES string of the molecule is [O-][S+]1CCCC2(CCCCO2)C1. The third-order valence-corrected chi connectivity index (χ3v) is 4.46. The third-order valence-electron chi connectivity index (χ3n) is 2.86. The Morgan fingerprint density at radius 3 is 2.67 bits per heavy atom. The molecule has 0 aromatic heterocycles. The zero-order valence-electron chi connectivity index (χ0n) is 7.38. The van der Waals surface area contributed by atoms with Crippen molar-refractivity contribution in [1.82, 2.24) is 0 Å². The topological polar surface area (TPSA) is 32.3 Å². The molecule has 2 atom stereocenters. The largest absolute Gasteiger partial charge is 0.616 e. The van der Waals surface area contributed by atoms with E-state index in [2.05, 4.69) is 0 Å². The standard InChI is InChI=1S/C9H16O2S/c10-12-7-3-5-9(8-12)4-1-2-6-11-9/h1-8H2. The van der Waals surface area contributed by atoms with Crippen LogP contribution in [0.15, 0.2) is 0 Å². The molecule has 70 valence electrons. The first kappa shape index (κ1) is 8.85. The molecule has 0 aromatic carbocycles. The van der Waals surface area contributed by atoms with Gasteiger partial charge in [-0.3, -0.25) is 0 Å². The molecule has 0 aliphatic carbocycles. The fraction of sp³-hybridized carbons (Fsp3) is 1.00. The predicted molar refractivity (Wildman–Crippen MR) is 49.6 cm³/mol. The van der Waals surface area contributed by atoms with Crippen LogP contribution in [0, 0.1) is 0 Å². The zero-order valence-corrected chi connectivity index (χ0v) is 8.20. The molecule has 12 heavy (non-hydrogen) atoms. The van der Waals surface area contributed by atoms with E-state index in [-0.39, 0.29) is 5.60 Å². The molecule has 0 bridgehead atoms. The van der Waals surface area contributed by atoms with E-state index in [4.69, 9.17) is 4.74 Å². The Balaban J connectivity index is 1.97. The lowest BCUT2D eigenvalue weighted by Crippen LogP contribution is -2.46. The van der Waals surface area contributed by atoms with Crippen molar-refractivity contribution in [3.05, 3.63) is 0 Å². The number of ether oxygens (including phenoxy) is 1. The molecular formula is C9H16O2S. The molecule has 0 amide bonds. The van der Waals surface area contributed by atoms with Gasteiger partial charge in [-0.05, 0) is 32.1 Å². The minimum absolute atomic E-state index is 0.0291. The summed E-state index contributed by atoms with van der Waals surface area (Å²) in [6.07, 6.45) is 5.82. The lowest BCUT2D eigenvalue weighted by molar-refractivity contribution is -0.0697. The highest BCUT2D eigenvalue weighted by Crippen LogP contribution is 2.34. The maximum Gasteiger partial charge on any atom is 0.134 e. The summed E-state index contributed by atoms with van der Waals surface area (Å²) in [5.74, 6) is 1.69. The average molecular weight is 188 g/mol. The highest BCUT2D eigenvalue weighted by molar-refractivity contribution is 7.91. The molecule has 3 heteroatoms. The van der Waals surface area contributed by atoms with Gasteiger partial charge in [-0.1, -0.05) is 11.2 Å². The van der Waals surface area contributed by atoms with Crippen LogP contribution in [0.4, 0.5) is 0 Å². The molecule has 2 aliphatic rings. The van der Waals surface area contributed by atoms with Gasteiger partial charge in [0.1, 0.15) is 17.1 Å². The van der Waals surface area contributed by atoms with Gasteiger partial charge in [-0.2, -0.15) is 0 Å². The maximum atomic E-state index is 11.4. The van der Waals surface area contributed by atoms with Gasteiger partial charge in [0.25, 0.3) is 0 Å². The first-order valence-corrected chi connectivity index (χ1v) is 6.29. The van der Waals surface area contributed by atoms with Crippen LogP contribution in [0.2, 0.25) is 0 Å². The Morgan fingerprint density at radius 1 is 1.17 bits per heavy atom. The van der Waals surface area contributed by atoms with Gasteiger partial charge in [0, 0.05) is 6.61 Å². The van der Waals surface area contributed by atoms with Crippen molar-refractivity contribution in [2.45, 2.75) is 37.7 Å². The van der Waals surface area contributed by atoms with Crippen LogP contribution >= 0.6 is 0 Å². The van der Waals surface area contributed by atoms with Crippen LogP contribution in [-0.4, -0.2) is 28.3 Å². The summed E-state index contributed by atoms with van der Waals surface area (Å²) < 4.78 is 17.2. The third kappa shape index (κ3) is 1.78. The van der Waals surface area contributed by atoms with E-state index in [0.717, 1.165) is 37.4 Å². The average Bonchev–Trinajstić information content (AvgIpc) is 2.05. The Hall–Kier alpha value is 0.270. The number of hydrogen-bond donors (Lipinski definition) is 0. The molecule has 2 unspecified atom stereocenters. The number of hydrogen-bond acceptors (Lipinski definition) is 2. The molecule has 2 aliphatic heterocycles. The van der Waals surface area contributed by atoms with Crippen LogP contribution in [-0.2, 0) is 15.9 Å². The molecule has 2 saturated heterocycles. The van der Waals surface area contributed by atoms with E-state index in [1.807, 2.05) is 0 Å². The Kier molecular flexibility index (Phi) is 2.63. The van der Waals surface area contributed by atoms with Crippen LogP contribution in [0.3, 0.4) is 0 Å². The quantitative estimate of drug-likeness (QED) is 0.539. The summed E-state index contributed by atoms with van der Waals surface area (Å²) in [5.41, 5.74) is 0.0291. The zero-order chi connectivity index (χ0) is 8.44. The molecule has 2 heterocycles. The molecule has 2 nitrogen and oxygen atoms in total. The molecule has 0 radical (unpaired) electrons. The highest BCUT2D eigenvalue weighted by Gasteiger charge is 2.40. The summed E-state index contributed by atoms with van der Waals surface area (Å²) in [6, 6.07) is 0. The molecule has 0 saturated carbocycles. The van der Waals surface area contributed by atoms with Gasteiger partial charge in [0.15, 0.2) is 0 Å². The minimum Gasteiger partial charge on any atom is -0.616 e. The van der Waals surface area contributed by atoms with Crippen molar-refractivity contribution in [3.8, 4) is 0 Å². The molecular weight excluding hydrogens is 172 g/mol. The molecule has 0 aromatic rings. The molecule has 1 spiro atoms. The fourth-order valence-corrected chi connectivity index (χ4v) is 3.78. The maximum absolute atomic E-state index is 11.4. The summed E-state index contributed by atoms with van der Waals surface area (Å²) in [7, 11) is 0. The summed E-state index contributed by atoms with van der Waals surface area (Å²) in [6.45, 7) is 0.886. The Labute approximate surface area is 76.9 Å². The Bertz CT molecular complexity index is 149. The lowest BCUT2D eigenvalue weighted by Gasteiger charge is -2.39. The second-order valence-corrected chi connectivity index (χ2v) is 5.46. The first-order valence-electron chi connectivity index (χ1n) is 4.80. The van der Waals surface area contributed by atoms with Gasteiger partial charge in [0.05, 0.1) is 0 Å². The van der Waals surface area contributed by atoms with Crippen LogP contribution in [0.5, 0.6) is 0 Å². The van der Waals surface area contributed by atoms with Gasteiger partial charge >= 0.3 is 0 Å². The predicted octanol–water partition coefficient (Wildman–Crippen LogP) is 1.47. The van der Waals surface area contributed by atoms with Crippen molar-refractivity contribution in [2.24, 2.45) is 0 Å². The second kappa shape index (κ2) is 3.56. The van der Waals surface area contributed by atoms with Gasteiger partial charge < -0.3 is 9.29 Å². The van der Waals surface area contributed by atoms with E-state index in [1.54, 1.807) is 0 Å². The van der Waals surface area contributed by atoms with Crippen molar-refractivity contribution in [1.29, 1.82) is 0 Å². The van der Waals surface area contributed by atoms with Crippen molar-refractivity contribution >= 4 is 11.2 Å². The van der Waals surface area contributed by atoms with E-state index >= 15 is 0 Å². The van der Waals surface area contributed by atoms with Crippen molar-refractivity contribution in [3.63, 3.8) is 0 Å². The van der Waals surface area contributed by atoms with Crippen LogP contribution in [0.1, 0.15) is 32.1 Å². The smallest absolute Gasteiger partial charge is 0.134 e. The van der Waals surface area contributed by atoms with Gasteiger partial charge in [-0.15, -0.1) is 0 Å².